The smallest absolute Gasteiger partial charge is 0.315 e. The molecule has 4 aromatic rings. The quantitative estimate of drug-likeness (QED) is 0.0177. The molecule has 0 unspecified atom stereocenters. The molecular weight excluding hydrogens is 815 g/mol. The fourth-order valence-electron chi connectivity index (χ4n) is 7.51. The third-order valence-corrected chi connectivity index (χ3v) is 12.2. The van der Waals surface area contributed by atoms with Gasteiger partial charge in [0.15, 0.2) is 23.8 Å². The summed E-state index contributed by atoms with van der Waals surface area (Å²) in [5.74, 6) is -0.567. The Labute approximate surface area is 353 Å². The van der Waals surface area contributed by atoms with Crippen LogP contribution in [-0.2, 0) is 32.0 Å². The highest BCUT2D eigenvalue weighted by Gasteiger charge is 2.48. The number of aromatic nitrogens is 4. The molecule has 2 aromatic carbocycles. The number of unbranched alkanes of at least 4 members (excludes halogenated alkanes) is 1. The van der Waals surface area contributed by atoms with E-state index < -0.39 is 47.0 Å². The maximum absolute atomic E-state index is 12.8. The summed E-state index contributed by atoms with van der Waals surface area (Å²) in [6.45, 7) is 2.48. The summed E-state index contributed by atoms with van der Waals surface area (Å²) in [7, 11) is 0. The molecule has 0 radical (unpaired) electrons. The van der Waals surface area contributed by atoms with Gasteiger partial charge in [0.2, 0.25) is 17.6 Å². The van der Waals surface area contributed by atoms with Crippen LogP contribution in [0, 0.1) is 10.1 Å². The van der Waals surface area contributed by atoms with Crippen LogP contribution in [0.5, 0.6) is 5.75 Å². The first-order chi connectivity index (χ1) is 29.4. The Morgan fingerprint density at radius 2 is 1.84 bits per heavy atom. The van der Waals surface area contributed by atoms with Crippen LogP contribution in [0.25, 0.3) is 11.2 Å². The van der Waals surface area contributed by atoms with Crippen molar-refractivity contribution in [3.05, 3.63) is 70.0 Å². The number of aliphatic hydroxyl groups excluding tert-OH is 2. The van der Waals surface area contributed by atoms with Crippen molar-refractivity contribution in [2.75, 3.05) is 35.2 Å². The number of carbonyl (C=O) groups excluding carboxylic acids is 4. The van der Waals surface area contributed by atoms with Crippen molar-refractivity contribution in [3.63, 3.8) is 0 Å². The Kier molecular flexibility index (Phi) is 13.5. The lowest BCUT2D eigenvalue weighted by molar-refractivity contribution is -0.385. The Morgan fingerprint density at radius 3 is 2.59 bits per heavy atom. The zero-order chi connectivity index (χ0) is 43.2. The van der Waals surface area contributed by atoms with Crippen molar-refractivity contribution in [3.8, 4) is 5.75 Å². The van der Waals surface area contributed by atoms with Gasteiger partial charge in [0, 0.05) is 48.7 Å². The van der Waals surface area contributed by atoms with E-state index >= 15 is 0 Å². The number of carbonyl (C=O) groups is 4. The number of nitro benzene ring substituents is 1. The zero-order valence-corrected chi connectivity index (χ0v) is 33.9. The lowest BCUT2D eigenvalue weighted by Gasteiger charge is -2.16. The van der Waals surface area contributed by atoms with Gasteiger partial charge in [0.25, 0.3) is 5.91 Å². The van der Waals surface area contributed by atoms with Gasteiger partial charge in [-0.3, -0.25) is 29.1 Å². The number of benzene rings is 2. The van der Waals surface area contributed by atoms with Crippen molar-refractivity contribution in [1.82, 2.24) is 35.5 Å². The maximum Gasteiger partial charge on any atom is 0.315 e. The first kappa shape index (κ1) is 43.0. The number of thioether (sulfide) groups is 1. The number of nitro groups is 1. The number of aryl methyl sites for hydroxylation is 1. The highest BCUT2D eigenvalue weighted by Crippen LogP contribution is 2.35. The number of nitrogen functional groups attached to an aromatic ring is 1. The lowest BCUT2D eigenvalue weighted by Crippen LogP contribution is -2.42. The summed E-state index contributed by atoms with van der Waals surface area (Å²) in [5, 5.41) is 47.5. The van der Waals surface area contributed by atoms with Crippen LogP contribution in [0.3, 0.4) is 0 Å². The van der Waals surface area contributed by atoms with Crippen molar-refractivity contribution in [2.24, 2.45) is 0 Å². The summed E-state index contributed by atoms with van der Waals surface area (Å²) in [5.41, 5.74) is 8.30. The molecule has 0 saturated carbocycles. The van der Waals surface area contributed by atoms with Gasteiger partial charge in [-0.25, -0.2) is 9.78 Å². The second-order valence-electron chi connectivity index (χ2n) is 14.9. The van der Waals surface area contributed by atoms with Crippen LogP contribution >= 0.6 is 11.8 Å². The van der Waals surface area contributed by atoms with Crippen molar-refractivity contribution < 1.29 is 43.8 Å². The van der Waals surface area contributed by atoms with E-state index in [4.69, 9.17) is 15.2 Å². The first-order valence-corrected chi connectivity index (χ1v) is 21.0. The summed E-state index contributed by atoms with van der Waals surface area (Å²) in [6.07, 6.45) is -0.691. The SMILES string of the molecule is CCNC(=O)[C@H]1O[C@@H](n2cnc3c(N)nc(NCCc4ccc(CCC(=O)Nc5ccc(OC(=O)CCCC[C@@H]6SC[C@@H]7NC(=O)N[C@@H]76)c([N+](=O)[O-])c5)cc4)nc32)[C@H](O)[C@@H]1O. The van der Waals surface area contributed by atoms with E-state index in [2.05, 4.69) is 41.5 Å². The van der Waals surface area contributed by atoms with Gasteiger partial charge in [-0.1, -0.05) is 30.7 Å². The number of nitrogens with two attached hydrogens (primary N) is 1. The molecule has 5 heterocycles. The molecule has 3 fully saturated rings. The van der Waals surface area contributed by atoms with E-state index in [0.29, 0.717) is 32.4 Å². The average molecular weight is 862 g/mol. The van der Waals surface area contributed by atoms with E-state index in [1.807, 2.05) is 24.3 Å². The van der Waals surface area contributed by atoms with E-state index in [1.165, 1.54) is 23.0 Å². The predicted octanol–water partition coefficient (Wildman–Crippen LogP) is 1.93. The molecule has 0 bridgehead atoms. The number of fused-ring (bicyclic) bond motifs is 2. The topological polar surface area (TPSA) is 300 Å². The molecule has 2 aromatic heterocycles. The minimum absolute atomic E-state index is 0.0825. The molecule has 61 heavy (non-hydrogen) atoms. The third kappa shape index (κ3) is 10.1. The Morgan fingerprint density at radius 1 is 1.07 bits per heavy atom. The number of imidazole rings is 1. The van der Waals surface area contributed by atoms with Crippen LogP contribution in [0.2, 0.25) is 0 Å². The largest absolute Gasteiger partial charge is 0.419 e. The van der Waals surface area contributed by atoms with Crippen molar-refractivity contribution >= 4 is 69.9 Å². The van der Waals surface area contributed by atoms with Crippen LogP contribution in [0.15, 0.2) is 48.8 Å². The Hall–Kier alpha value is -6.10. The summed E-state index contributed by atoms with van der Waals surface area (Å²) in [4.78, 5) is 73.5. The monoisotopic (exact) mass is 861 g/mol. The third-order valence-electron chi connectivity index (χ3n) is 10.7. The Balaban J connectivity index is 0.846. The molecule has 0 aliphatic carbocycles. The fourth-order valence-corrected chi connectivity index (χ4v) is 9.06. The van der Waals surface area contributed by atoms with Gasteiger partial charge in [-0.05, 0) is 55.9 Å². The van der Waals surface area contributed by atoms with Crippen LogP contribution < -0.4 is 37.1 Å². The molecular formula is C39H47N11O10S. The predicted molar refractivity (Wildman–Crippen MR) is 223 cm³/mol. The number of amides is 4. The molecule has 9 N–H and O–H groups in total. The van der Waals surface area contributed by atoms with Gasteiger partial charge >= 0.3 is 17.7 Å². The fraction of sp³-hybridized carbons (Fsp3) is 0.462. The zero-order valence-electron chi connectivity index (χ0n) is 33.1. The van der Waals surface area contributed by atoms with Crippen molar-refractivity contribution in [1.29, 1.82) is 0 Å². The molecule has 3 aliphatic rings. The highest BCUT2D eigenvalue weighted by molar-refractivity contribution is 8.00. The van der Waals surface area contributed by atoms with Gasteiger partial charge < -0.3 is 52.0 Å². The van der Waals surface area contributed by atoms with Gasteiger partial charge in [0.05, 0.1) is 23.3 Å². The van der Waals surface area contributed by atoms with Gasteiger partial charge in [0.1, 0.15) is 17.7 Å². The maximum atomic E-state index is 12.8. The van der Waals surface area contributed by atoms with Crippen LogP contribution in [-0.4, -0.2) is 113 Å². The number of nitrogens with one attached hydrogen (secondary N) is 5. The summed E-state index contributed by atoms with van der Waals surface area (Å²) >= 11 is 1.79. The molecule has 22 heteroatoms. The van der Waals surface area contributed by atoms with Crippen molar-refractivity contribution in [2.45, 2.75) is 93.7 Å². The number of rotatable bonds is 18. The number of likely N-dealkylation sites (N-methyl/N-ethyl adjacent to an activating group) is 1. The number of anilines is 3. The minimum Gasteiger partial charge on any atom is -0.419 e. The number of aliphatic hydroxyl groups is 2. The number of hydrogen-bond donors (Lipinski definition) is 8. The van der Waals surface area contributed by atoms with E-state index in [9.17, 15) is 39.5 Å². The van der Waals surface area contributed by atoms with Gasteiger partial charge in [-0.2, -0.15) is 21.7 Å². The Bertz CT molecular complexity index is 2280. The molecule has 4 amide bonds. The van der Waals surface area contributed by atoms with Crippen LogP contribution in [0.4, 0.5) is 27.9 Å². The van der Waals surface area contributed by atoms with E-state index in [1.54, 1.807) is 18.7 Å². The van der Waals surface area contributed by atoms with Gasteiger partial charge in [-0.15, -0.1) is 0 Å². The number of urea groups is 1. The second kappa shape index (κ2) is 19.1. The second-order valence-corrected chi connectivity index (χ2v) is 16.2. The standard InChI is InChI=1S/C39H47N11O10S/c1-2-41-36(55)33-31(53)32(54)37(60-33)49-19-43-30-34(40)47-38(48-35(30)49)42-16-15-21-9-7-20(8-10-21)11-14-27(51)44-22-12-13-25(24(17-22)50(57)58)59-28(52)6-4-3-5-26-29-23(18-61-26)45-39(56)46-29/h7-10,12-13,17,19,23,26,29,31-33,37,53-54H,2-6,11,14-16,18H2,1H3,(H,41,55)(H,44,51)(H2,45,46,56)(H3,40,42,47,48)/t23-,26-,29-,31-,32+,33-,37+/m0/s1. The number of ether oxygens (including phenoxy) is 2. The molecule has 21 nitrogen and oxygen atoms in total. The molecule has 7 rings (SSSR count). The molecule has 0 spiro atoms. The molecule has 3 aliphatic heterocycles. The average Bonchev–Trinajstić information content (AvgIpc) is 4.00. The number of nitrogens with zero attached hydrogens (tertiary/aromatic N) is 5. The van der Waals surface area contributed by atoms with E-state index in [-0.39, 0.29) is 76.5 Å². The number of esters is 1. The number of hydrogen-bond acceptors (Lipinski definition) is 16. The molecule has 324 valence electrons. The minimum atomic E-state index is -1.47. The molecule has 3 saturated heterocycles. The first-order valence-electron chi connectivity index (χ1n) is 20.0. The normalized spacial score (nSPS) is 22.9. The van der Waals surface area contributed by atoms with Crippen LogP contribution in [0.1, 0.15) is 56.4 Å². The highest BCUT2D eigenvalue weighted by atomic mass is 32.2. The molecule has 7 atom stereocenters. The summed E-state index contributed by atoms with van der Waals surface area (Å²) < 4.78 is 12.4. The van der Waals surface area contributed by atoms with E-state index in [0.717, 1.165) is 35.8 Å². The lowest BCUT2D eigenvalue weighted by atomic mass is 10.0. The summed E-state index contributed by atoms with van der Waals surface area (Å²) in [6, 6.07) is 11.6.